The summed E-state index contributed by atoms with van der Waals surface area (Å²) in [5.41, 5.74) is 6.54. The van der Waals surface area contributed by atoms with Gasteiger partial charge in [-0.2, -0.15) is 5.10 Å². The molecule has 0 saturated heterocycles. The van der Waals surface area contributed by atoms with Gasteiger partial charge in [-0.1, -0.05) is 66.7 Å². The molecule has 0 fully saturated rings. The minimum absolute atomic E-state index is 0. The Labute approximate surface area is 193 Å². The van der Waals surface area contributed by atoms with Crippen molar-refractivity contribution in [3.05, 3.63) is 83.4 Å². The minimum Gasteiger partial charge on any atom is -0.389 e. The van der Waals surface area contributed by atoms with Crippen molar-refractivity contribution in [2.75, 3.05) is 6.54 Å². The largest absolute Gasteiger partial charge is 0.389 e. The molecule has 0 aromatic heterocycles. The Bertz CT molecular complexity index is 1080. The second-order valence-electron chi connectivity index (χ2n) is 7.85. The number of hydrazone groups is 1. The number of amides is 1. The molecule has 0 spiro atoms. The van der Waals surface area contributed by atoms with Crippen molar-refractivity contribution in [3.8, 4) is 0 Å². The van der Waals surface area contributed by atoms with E-state index in [0.29, 0.717) is 25.8 Å². The van der Waals surface area contributed by atoms with Crippen molar-refractivity contribution in [3.63, 3.8) is 0 Å². The van der Waals surface area contributed by atoms with Gasteiger partial charge in [-0.25, -0.2) is 5.43 Å². The van der Waals surface area contributed by atoms with Crippen LogP contribution >= 0.6 is 12.4 Å². The lowest BCUT2D eigenvalue weighted by Gasteiger charge is -2.20. The van der Waals surface area contributed by atoms with Crippen molar-refractivity contribution >= 4 is 34.8 Å². The topological polar surface area (TPSA) is 94.0 Å². The van der Waals surface area contributed by atoms with E-state index in [9.17, 15) is 15.0 Å². The Morgan fingerprint density at radius 3 is 2.47 bits per heavy atom. The van der Waals surface area contributed by atoms with Crippen LogP contribution in [0.15, 0.2) is 71.8 Å². The van der Waals surface area contributed by atoms with Crippen LogP contribution in [0.4, 0.5) is 0 Å². The van der Waals surface area contributed by atoms with E-state index in [1.807, 2.05) is 66.7 Å². The second kappa shape index (κ2) is 11.2. The minimum atomic E-state index is -1.00. The maximum absolute atomic E-state index is 11.2. The molecule has 1 aliphatic heterocycles. The van der Waals surface area contributed by atoms with Crippen LogP contribution < -0.4 is 10.7 Å². The second-order valence-corrected chi connectivity index (χ2v) is 7.85. The summed E-state index contributed by atoms with van der Waals surface area (Å²) in [7, 11) is 0. The molecule has 0 saturated carbocycles. The molecule has 0 radical (unpaired) electrons. The zero-order valence-electron chi connectivity index (χ0n) is 17.7. The number of benzene rings is 3. The summed E-state index contributed by atoms with van der Waals surface area (Å²) in [6.07, 6.45) is 0.313. The fourth-order valence-corrected chi connectivity index (χ4v) is 3.85. The SMILES string of the molecule is Cl.O=C1CCC(c2ccc(CCNC(O)C(O)Cc3cccc4ccccc34)cc2)=NN1. The number of nitrogens with one attached hydrogen (secondary N) is 2. The first-order chi connectivity index (χ1) is 15.1. The van der Waals surface area contributed by atoms with E-state index in [-0.39, 0.29) is 18.3 Å². The molecule has 3 aromatic rings. The van der Waals surface area contributed by atoms with E-state index in [2.05, 4.69) is 15.8 Å². The zero-order valence-corrected chi connectivity index (χ0v) is 18.5. The van der Waals surface area contributed by atoms with Crippen molar-refractivity contribution in [2.45, 2.75) is 38.0 Å². The quantitative estimate of drug-likeness (QED) is 0.394. The number of carbonyl (C=O) groups is 1. The summed E-state index contributed by atoms with van der Waals surface area (Å²) in [5, 5.41) is 30.2. The Kier molecular flexibility index (Phi) is 8.36. The fraction of sp³-hybridized carbons (Fsp3) is 0.280. The van der Waals surface area contributed by atoms with Crippen LogP contribution in [0.3, 0.4) is 0 Å². The highest BCUT2D eigenvalue weighted by molar-refractivity contribution is 6.04. The third kappa shape index (κ3) is 5.93. The predicted octanol–water partition coefficient (Wildman–Crippen LogP) is 2.93. The number of hydrogen-bond acceptors (Lipinski definition) is 5. The number of fused-ring (bicyclic) bond motifs is 1. The van der Waals surface area contributed by atoms with Crippen molar-refractivity contribution in [2.24, 2.45) is 5.10 Å². The highest BCUT2D eigenvalue weighted by atomic mass is 35.5. The fourth-order valence-electron chi connectivity index (χ4n) is 3.85. The van der Waals surface area contributed by atoms with Gasteiger partial charge in [0.2, 0.25) is 5.91 Å². The Hall–Kier alpha value is -2.77. The van der Waals surface area contributed by atoms with Crippen LogP contribution in [0.25, 0.3) is 10.8 Å². The summed E-state index contributed by atoms with van der Waals surface area (Å²) >= 11 is 0. The Morgan fingerprint density at radius 2 is 1.72 bits per heavy atom. The van der Waals surface area contributed by atoms with Crippen LogP contribution in [0.5, 0.6) is 0 Å². The number of aliphatic hydroxyl groups is 2. The van der Waals surface area contributed by atoms with Gasteiger partial charge in [-0.15, -0.1) is 12.4 Å². The van der Waals surface area contributed by atoms with E-state index in [4.69, 9.17) is 0 Å². The first-order valence-electron chi connectivity index (χ1n) is 10.6. The summed E-state index contributed by atoms with van der Waals surface area (Å²) in [4.78, 5) is 11.2. The molecule has 0 aliphatic carbocycles. The highest BCUT2D eigenvalue weighted by Crippen LogP contribution is 2.20. The molecule has 7 heteroatoms. The first kappa shape index (κ1) is 23.9. The van der Waals surface area contributed by atoms with Gasteiger partial charge in [0.1, 0.15) is 6.23 Å². The molecule has 4 N–H and O–H groups in total. The van der Waals surface area contributed by atoms with Gasteiger partial charge in [0, 0.05) is 25.8 Å². The molecule has 3 aromatic carbocycles. The number of halogens is 1. The van der Waals surface area contributed by atoms with Crippen LogP contribution in [0.2, 0.25) is 0 Å². The molecular weight excluding hydrogens is 426 g/mol. The summed E-state index contributed by atoms with van der Waals surface area (Å²) < 4.78 is 0. The predicted molar refractivity (Wildman–Crippen MR) is 129 cm³/mol. The molecule has 1 amide bonds. The molecule has 0 bridgehead atoms. The molecule has 6 nitrogen and oxygen atoms in total. The van der Waals surface area contributed by atoms with Crippen LogP contribution in [0, 0.1) is 0 Å². The maximum atomic E-state index is 11.2. The first-order valence-corrected chi connectivity index (χ1v) is 10.6. The van der Waals surface area contributed by atoms with E-state index in [0.717, 1.165) is 39.6 Å². The molecule has 4 rings (SSSR count). The molecular formula is C25H28ClN3O3. The number of carbonyl (C=O) groups excluding carboxylic acids is 1. The zero-order chi connectivity index (χ0) is 21.6. The molecule has 1 aliphatic rings. The van der Waals surface area contributed by atoms with Gasteiger partial charge in [-0.3, -0.25) is 10.1 Å². The third-order valence-corrected chi connectivity index (χ3v) is 5.63. The van der Waals surface area contributed by atoms with Crippen molar-refractivity contribution in [1.82, 2.24) is 10.7 Å². The van der Waals surface area contributed by atoms with E-state index in [1.165, 1.54) is 0 Å². The standard InChI is InChI=1S/C25H27N3O3.ClH/c29-23(16-20-6-3-5-18-4-1-2-7-21(18)20)25(31)26-15-14-17-8-10-19(11-9-17)22-12-13-24(30)28-27-22;/h1-11,23,25-26,29,31H,12-16H2,(H,28,30);1H. The average molecular weight is 454 g/mol. The molecule has 2 unspecified atom stereocenters. The summed E-state index contributed by atoms with van der Waals surface area (Å²) in [5.74, 6) is -0.0485. The van der Waals surface area contributed by atoms with Gasteiger partial charge < -0.3 is 10.2 Å². The number of rotatable bonds is 8. The van der Waals surface area contributed by atoms with E-state index in [1.54, 1.807) is 0 Å². The monoisotopic (exact) mass is 453 g/mol. The van der Waals surface area contributed by atoms with Crippen molar-refractivity contribution in [1.29, 1.82) is 0 Å². The van der Waals surface area contributed by atoms with Gasteiger partial charge in [0.05, 0.1) is 11.8 Å². The van der Waals surface area contributed by atoms with Crippen LogP contribution in [-0.2, 0) is 17.6 Å². The highest BCUT2D eigenvalue weighted by Gasteiger charge is 2.17. The van der Waals surface area contributed by atoms with Crippen LogP contribution in [-0.4, -0.2) is 40.7 Å². The number of hydrogen-bond donors (Lipinski definition) is 4. The van der Waals surface area contributed by atoms with Crippen molar-refractivity contribution < 1.29 is 15.0 Å². The number of nitrogens with zero attached hydrogens (tertiary/aromatic N) is 1. The van der Waals surface area contributed by atoms with E-state index < -0.39 is 12.3 Å². The summed E-state index contributed by atoms with van der Waals surface area (Å²) in [6, 6.07) is 22.1. The number of aliphatic hydroxyl groups excluding tert-OH is 2. The summed E-state index contributed by atoms with van der Waals surface area (Å²) in [6.45, 7) is 0.546. The molecule has 32 heavy (non-hydrogen) atoms. The lowest BCUT2D eigenvalue weighted by molar-refractivity contribution is -0.121. The Balaban J connectivity index is 0.00000289. The normalized spacial score (nSPS) is 15.4. The molecule has 2 atom stereocenters. The maximum Gasteiger partial charge on any atom is 0.240 e. The third-order valence-electron chi connectivity index (χ3n) is 5.63. The molecule has 168 valence electrons. The van der Waals surface area contributed by atoms with Gasteiger partial charge in [0.25, 0.3) is 0 Å². The lowest BCUT2D eigenvalue weighted by Crippen LogP contribution is -2.41. The van der Waals surface area contributed by atoms with Crippen LogP contribution in [0.1, 0.15) is 29.5 Å². The lowest BCUT2D eigenvalue weighted by atomic mass is 9.99. The van der Waals surface area contributed by atoms with Gasteiger partial charge in [0.15, 0.2) is 0 Å². The van der Waals surface area contributed by atoms with Gasteiger partial charge >= 0.3 is 0 Å². The average Bonchev–Trinajstić information content (AvgIpc) is 2.80. The molecule has 1 heterocycles. The van der Waals surface area contributed by atoms with E-state index >= 15 is 0 Å². The smallest absolute Gasteiger partial charge is 0.240 e. The van der Waals surface area contributed by atoms with Gasteiger partial charge in [-0.05, 0) is 33.9 Å². The Morgan fingerprint density at radius 1 is 0.969 bits per heavy atom.